The quantitative estimate of drug-likeness (QED) is 0.668. The molecule has 4 nitrogen and oxygen atoms in total. The zero-order valence-corrected chi connectivity index (χ0v) is 12.1. The molecular weight excluding hydrogens is 307 g/mol. The smallest absolute Gasteiger partial charge is 0.329 e. The molecule has 0 aromatic heterocycles. The number of hydrogen-bond acceptors (Lipinski definition) is 3. The van der Waals surface area contributed by atoms with Crippen molar-refractivity contribution in [2.24, 2.45) is 0 Å². The molecule has 7 heteroatoms. The fourth-order valence-corrected chi connectivity index (χ4v) is 2.12. The van der Waals surface area contributed by atoms with Crippen molar-refractivity contribution >= 4 is 52.3 Å². The molecule has 0 unspecified atom stereocenters. The Bertz CT molecular complexity index is 551. The Morgan fingerprint density at radius 3 is 2.84 bits per heavy atom. The van der Waals surface area contributed by atoms with Gasteiger partial charge in [-0.3, -0.25) is 4.90 Å². The van der Waals surface area contributed by atoms with Gasteiger partial charge in [-0.2, -0.15) is 0 Å². The van der Waals surface area contributed by atoms with E-state index in [4.69, 9.17) is 40.2 Å². The van der Waals surface area contributed by atoms with Gasteiger partial charge in [-0.1, -0.05) is 29.8 Å². The van der Waals surface area contributed by atoms with Gasteiger partial charge in [0.05, 0.1) is 16.6 Å². The van der Waals surface area contributed by atoms with Gasteiger partial charge in [-0.25, -0.2) is 4.79 Å². The van der Waals surface area contributed by atoms with E-state index in [0.29, 0.717) is 22.3 Å². The molecule has 0 spiro atoms. The number of urea groups is 1. The molecule has 1 aromatic carbocycles. The maximum atomic E-state index is 12.0. The molecule has 0 bridgehead atoms. The summed E-state index contributed by atoms with van der Waals surface area (Å²) in [6.07, 6.45) is 1.32. The Morgan fingerprint density at radius 1 is 1.53 bits per heavy atom. The highest BCUT2D eigenvalue weighted by atomic mass is 35.5. The van der Waals surface area contributed by atoms with Gasteiger partial charge < -0.3 is 10.1 Å². The van der Waals surface area contributed by atoms with Gasteiger partial charge >= 0.3 is 6.03 Å². The number of amides is 2. The predicted molar refractivity (Wildman–Crippen MR) is 79.9 cm³/mol. The highest BCUT2D eigenvalue weighted by molar-refractivity contribution is 7.80. The minimum Gasteiger partial charge on any atom is -0.461 e. The van der Waals surface area contributed by atoms with E-state index in [1.54, 1.807) is 24.3 Å². The third kappa shape index (κ3) is 3.18. The number of halogens is 2. The molecule has 1 aromatic rings. The summed E-state index contributed by atoms with van der Waals surface area (Å²) in [5.41, 5.74) is 0.532. The van der Waals surface area contributed by atoms with Crippen molar-refractivity contribution in [3.05, 3.63) is 40.9 Å². The molecule has 2 amide bonds. The van der Waals surface area contributed by atoms with E-state index in [2.05, 4.69) is 11.9 Å². The normalized spacial score (nSPS) is 18.1. The number of carbonyl (C=O) groups excluding carboxylic acids is 1. The Morgan fingerprint density at radius 2 is 2.26 bits per heavy atom. The Hall–Kier alpha value is -1.30. The lowest BCUT2D eigenvalue weighted by Gasteiger charge is -2.14. The van der Waals surface area contributed by atoms with E-state index in [-0.39, 0.29) is 17.3 Å². The van der Waals surface area contributed by atoms with E-state index in [1.165, 1.54) is 4.90 Å². The van der Waals surface area contributed by atoms with Crippen LogP contribution in [0.4, 0.5) is 10.5 Å². The maximum Gasteiger partial charge on any atom is 0.329 e. The predicted octanol–water partition coefficient (Wildman–Crippen LogP) is 3.70. The monoisotopic (exact) mass is 316 g/mol. The molecule has 0 radical (unpaired) electrons. The Labute approximate surface area is 125 Å². The summed E-state index contributed by atoms with van der Waals surface area (Å²) in [5, 5.41) is 3.58. The first-order valence-electron chi connectivity index (χ1n) is 5.38. The van der Waals surface area contributed by atoms with Crippen LogP contribution >= 0.6 is 35.4 Å². The largest absolute Gasteiger partial charge is 0.461 e. The fraction of sp³-hybridized carbons (Fsp3) is 0.167. The van der Waals surface area contributed by atoms with Crippen molar-refractivity contribution in [1.29, 1.82) is 0 Å². The van der Waals surface area contributed by atoms with Crippen molar-refractivity contribution in [2.45, 2.75) is 6.10 Å². The van der Waals surface area contributed by atoms with E-state index < -0.39 is 0 Å². The van der Waals surface area contributed by atoms with E-state index >= 15 is 0 Å². The van der Waals surface area contributed by atoms with Crippen LogP contribution in [0.5, 0.6) is 0 Å². The number of nitrogens with zero attached hydrogens (tertiary/aromatic N) is 1. The lowest BCUT2D eigenvalue weighted by molar-refractivity contribution is 0.236. The van der Waals surface area contributed by atoms with Gasteiger partial charge in [-0.15, -0.1) is 0 Å². The Balaban J connectivity index is 2.07. The summed E-state index contributed by atoms with van der Waals surface area (Å²) in [6, 6.07) is 4.43. The van der Waals surface area contributed by atoms with Crippen molar-refractivity contribution in [1.82, 2.24) is 4.90 Å². The third-order valence-electron chi connectivity index (χ3n) is 2.51. The summed E-state index contributed by atoms with van der Waals surface area (Å²) in [6.45, 7) is 3.94. The third-order valence-corrected chi connectivity index (χ3v) is 3.57. The summed E-state index contributed by atoms with van der Waals surface area (Å²) < 4.78 is 5.26. The van der Waals surface area contributed by atoms with Crippen LogP contribution in [0.15, 0.2) is 30.9 Å². The molecule has 1 aliphatic rings. The zero-order valence-electron chi connectivity index (χ0n) is 9.73. The van der Waals surface area contributed by atoms with Crippen LogP contribution in [0.3, 0.4) is 0 Å². The Kier molecular flexibility index (Phi) is 4.29. The van der Waals surface area contributed by atoms with E-state index in [1.807, 2.05) is 0 Å². The van der Waals surface area contributed by atoms with Gasteiger partial charge in [0.15, 0.2) is 0 Å². The van der Waals surface area contributed by atoms with E-state index in [0.717, 1.165) is 0 Å². The number of rotatable bonds is 2. The second-order valence-corrected chi connectivity index (χ2v) is 4.99. The summed E-state index contributed by atoms with van der Waals surface area (Å²) in [4.78, 5) is 13.3. The highest BCUT2D eigenvalue weighted by Crippen LogP contribution is 2.25. The van der Waals surface area contributed by atoms with Crippen LogP contribution in [0, 0.1) is 0 Å². The number of carbonyl (C=O) groups is 1. The van der Waals surface area contributed by atoms with Gasteiger partial charge in [-0.05, 0) is 36.5 Å². The lowest BCUT2D eigenvalue weighted by Crippen LogP contribution is -2.35. The molecule has 1 heterocycles. The molecule has 1 fully saturated rings. The first-order valence-corrected chi connectivity index (χ1v) is 6.54. The highest BCUT2D eigenvalue weighted by Gasteiger charge is 2.31. The van der Waals surface area contributed by atoms with Crippen molar-refractivity contribution < 1.29 is 9.53 Å². The molecule has 2 rings (SSSR count). The molecule has 1 saturated heterocycles. The molecule has 0 aliphatic carbocycles. The minimum atomic E-state index is -0.382. The average Bonchev–Trinajstić information content (AvgIpc) is 2.75. The number of thiocarbonyl (C=S) groups is 1. The second kappa shape index (κ2) is 5.77. The molecular formula is C12H10Cl2N2O2S. The average molecular weight is 317 g/mol. The minimum absolute atomic E-state index is 0.127. The van der Waals surface area contributed by atoms with Gasteiger partial charge in [0.1, 0.15) is 6.10 Å². The molecule has 100 valence electrons. The summed E-state index contributed by atoms with van der Waals surface area (Å²) in [5.74, 6) is 0. The molecule has 0 saturated carbocycles. The topological polar surface area (TPSA) is 41.6 Å². The lowest BCUT2D eigenvalue weighted by atomic mass is 10.3. The first kappa shape index (κ1) is 14.1. The van der Waals surface area contributed by atoms with E-state index in [9.17, 15) is 4.79 Å². The number of benzene rings is 1. The van der Waals surface area contributed by atoms with Crippen LogP contribution in [0.1, 0.15) is 0 Å². The zero-order chi connectivity index (χ0) is 14.0. The second-order valence-electron chi connectivity index (χ2n) is 3.83. The number of anilines is 1. The summed E-state index contributed by atoms with van der Waals surface area (Å²) in [7, 11) is 0. The number of hydrogen-bond donors (Lipinski definition) is 1. The van der Waals surface area contributed by atoms with Gasteiger partial charge in [0.2, 0.25) is 0 Å². The standard InChI is InChI=1S/C12H10Cl2N2O2S/c1-2-8-6-16(12(19)18-8)11(17)15-7-3-4-9(13)10(14)5-7/h2-5,8H,1,6H2,(H,15,17)/t8-/m1/s1. The van der Waals surface area contributed by atoms with Crippen molar-refractivity contribution in [2.75, 3.05) is 11.9 Å². The van der Waals surface area contributed by atoms with Crippen LogP contribution in [0.2, 0.25) is 10.0 Å². The van der Waals surface area contributed by atoms with Crippen molar-refractivity contribution in [3.63, 3.8) is 0 Å². The maximum absolute atomic E-state index is 12.0. The molecule has 1 atom stereocenters. The summed E-state index contributed by atoms with van der Waals surface area (Å²) >= 11 is 16.6. The van der Waals surface area contributed by atoms with Crippen molar-refractivity contribution in [3.8, 4) is 0 Å². The molecule has 1 N–H and O–H groups in total. The van der Waals surface area contributed by atoms with Crippen LogP contribution in [-0.2, 0) is 4.74 Å². The van der Waals surface area contributed by atoms with Gasteiger partial charge in [0, 0.05) is 5.69 Å². The number of ether oxygens (including phenoxy) is 1. The molecule has 1 aliphatic heterocycles. The van der Waals surface area contributed by atoms with Crippen LogP contribution in [0.25, 0.3) is 0 Å². The molecule has 19 heavy (non-hydrogen) atoms. The SMILES string of the molecule is C=C[C@@H]1CN(C(=O)Nc2ccc(Cl)c(Cl)c2)C(=S)O1. The number of nitrogens with one attached hydrogen (secondary N) is 1. The van der Waals surface area contributed by atoms with Crippen LogP contribution < -0.4 is 5.32 Å². The van der Waals surface area contributed by atoms with Gasteiger partial charge in [0.25, 0.3) is 5.17 Å². The fourth-order valence-electron chi connectivity index (χ4n) is 1.54. The first-order chi connectivity index (χ1) is 9.01. The van der Waals surface area contributed by atoms with Crippen LogP contribution in [-0.4, -0.2) is 28.8 Å².